The molecule has 4 aromatic heterocycles. The molecule has 248 valence electrons. The fourth-order valence-corrected chi connectivity index (χ4v) is 8.76. The molecule has 0 unspecified atom stereocenters. The van der Waals surface area contributed by atoms with Crippen LogP contribution in [0.1, 0.15) is 0 Å². The van der Waals surface area contributed by atoms with Crippen molar-refractivity contribution < 1.29 is 0 Å². The standard InChI is InChI=1S/C46H28N6S/c1-3-14-29(15-4-1)43-48-44(50-46(49-43)52-37-22-10-7-18-32(37)33-19-8-11-23-38(33)52)34-20-13-25-41-42(34)35-28-30(26-27-40(35)53-41)45-47-36-21-9-12-24-39(36)51(45)31-16-5-2-6-17-31/h1-28H. The monoisotopic (exact) mass is 696 g/mol. The smallest absolute Gasteiger partial charge is 0.238 e. The lowest BCUT2D eigenvalue weighted by Crippen LogP contribution is -2.06. The number of rotatable bonds is 5. The number of fused-ring (bicyclic) bond motifs is 7. The van der Waals surface area contributed by atoms with Crippen LogP contribution < -0.4 is 0 Å². The molecular weight excluding hydrogens is 669 g/mol. The number of imidazole rings is 1. The number of hydrogen-bond acceptors (Lipinski definition) is 5. The summed E-state index contributed by atoms with van der Waals surface area (Å²) in [6.45, 7) is 0. The van der Waals surface area contributed by atoms with E-state index in [0.29, 0.717) is 17.6 Å². The third kappa shape index (κ3) is 4.71. The molecule has 0 atom stereocenters. The predicted molar refractivity (Wildman–Crippen MR) is 218 cm³/mol. The van der Waals surface area contributed by atoms with Crippen LogP contribution >= 0.6 is 11.3 Å². The molecule has 11 aromatic rings. The maximum atomic E-state index is 5.30. The number of para-hydroxylation sites is 5. The SMILES string of the molecule is c1ccc(-c2nc(-c3cccc4sc5ccc(-c6nc7ccccc7n6-c6ccccc6)cc5c34)nc(-n3c4ccccc4c4ccccc43)n2)cc1. The quantitative estimate of drug-likeness (QED) is 0.180. The van der Waals surface area contributed by atoms with E-state index in [1.54, 1.807) is 11.3 Å². The van der Waals surface area contributed by atoms with Crippen molar-refractivity contribution in [3.63, 3.8) is 0 Å². The van der Waals surface area contributed by atoms with Crippen molar-refractivity contribution >= 4 is 64.3 Å². The van der Waals surface area contributed by atoms with Crippen LogP contribution in [0.4, 0.5) is 0 Å². The molecule has 53 heavy (non-hydrogen) atoms. The van der Waals surface area contributed by atoms with Gasteiger partial charge in [-0.2, -0.15) is 9.97 Å². The Hall–Kier alpha value is -6.96. The molecule has 0 saturated carbocycles. The molecule has 7 aromatic carbocycles. The zero-order chi connectivity index (χ0) is 34.9. The maximum Gasteiger partial charge on any atom is 0.238 e. The molecule has 0 radical (unpaired) electrons. The van der Waals surface area contributed by atoms with E-state index in [1.165, 1.54) is 9.40 Å². The third-order valence-electron chi connectivity index (χ3n) is 10.0. The lowest BCUT2D eigenvalue weighted by molar-refractivity contribution is 0.954. The van der Waals surface area contributed by atoms with Gasteiger partial charge in [0, 0.05) is 53.3 Å². The number of benzene rings is 7. The molecule has 4 heterocycles. The lowest BCUT2D eigenvalue weighted by Gasteiger charge is -2.12. The summed E-state index contributed by atoms with van der Waals surface area (Å²) in [6, 6.07) is 59.0. The summed E-state index contributed by atoms with van der Waals surface area (Å²) in [4.78, 5) is 20.8. The Labute approximate surface area is 307 Å². The van der Waals surface area contributed by atoms with Gasteiger partial charge in [0.15, 0.2) is 11.6 Å². The molecule has 6 nitrogen and oxygen atoms in total. The summed E-state index contributed by atoms with van der Waals surface area (Å²) in [5.41, 5.74) is 8.14. The summed E-state index contributed by atoms with van der Waals surface area (Å²) in [6.07, 6.45) is 0. The first kappa shape index (κ1) is 29.7. The second kappa shape index (κ2) is 11.8. The Morgan fingerprint density at radius 2 is 1.08 bits per heavy atom. The number of aromatic nitrogens is 6. The molecule has 0 fully saturated rings. The minimum absolute atomic E-state index is 0.583. The van der Waals surface area contributed by atoms with E-state index in [0.717, 1.165) is 71.8 Å². The van der Waals surface area contributed by atoms with Crippen LogP contribution in [0.3, 0.4) is 0 Å². The maximum absolute atomic E-state index is 5.30. The summed E-state index contributed by atoms with van der Waals surface area (Å²) in [5, 5.41) is 4.58. The highest BCUT2D eigenvalue weighted by Gasteiger charge is 2.21. The van der Waals surface area contributed by atoms with Gasteiger partial charge < -0.3 is 0 Å². The van der Waals surface area contributed by atoms with E-state index < -0.39 is 0 Å². The molecule has 7 heteroatoms. The van der Waals surface area contributed by atoms with Gasteiger partial charge in [-0.3, -0.25) is 9.13 Å². The molecule has 11 rings (SSSR count). The van der Waals surface area contributed by atoms with Gasteiger partial charge in [0.05, 0.1) is 22.1 Å². The van der Waals surface area contributed by atoms with Gasteiger partial charge >= 0.3 is 0 Å². The topological polar surface area (TPSA) is 61.4 Å². The molecular formula is C46H28N6S. The second-order valence-corrected chi connectivity index (χ2v) is 14.2. The summed E-state index contributed by atoms with van der Waals surface area (Å²) >= 11 is 1.78. The molecule has 0 N–H and O–H groups in total. The first-order valence-corrected chi connectivity index (χ1v) is 18.4. The van der Waals surface area contributed by atoms with E-state index in [-0.39, 0.29) is 0 Å². The van der Waals surface area contributed by atoms with Crippen LogP contribution in [0, 0.1) is 0 Å². The Bertz CT molecular complexity index is 3120. The lowest BCUT2D eigenvalue weighted by atomic mass is 10.0. The van der Waals surface area contributed by atoms with Crippen molar-refractivity contribution in [2.24, 2.45) is 0 Å². The largest absolute Gasteiger partial charge is 0.292 e. The van der Waals surface area contributed by atoms with Gasteiger partial charge in [-0.05, 0) is 60.7 Å². The van der Waals surface area contributed by atoms with Crippen molar-refractivity contribution in [2.45, 2.75) is 0 Å². The predicted octanol–water partition coefficient (Wildman–Crippen LogP) is 11.7. The molecule has 0 spiro atoms. The van der Waals surface area contributed by atoms with Crippen molar-refractivity contribution in [1.82, 2.24) is 29.1 Å². The molecule has 0 aliphatic rings. The highest BCUT2D eigenvalue weighted by molar-refractivity contribution is 7.26. The zero-order valence-corrected chi connectivity index (χ0v) is 29.1. The number of thiophene rings is 1. The summed E-state index contributed by atoms with van der Waals surface area (Å²) in [5.74, 6) is 2.74. The number of hydrogen-bond donors (Lipinski definition) is 0. The van der Waals surface area contributed by atoms with E-state index in [2.05, 4.69) is 149 Å². The summed E-state index contributed by atoms with van der Waals surface area (Å²) < 4.78 is 6.78. The Morgan fingerprint density at radius 1 is 0.415 bits per heavy atom. The van der Waals surface area contributed by atoms with Gasteiger partial charge in [0.1, 0.15) is 5.82 Å². The van der Waals surface area contributed by atoms with Gasteiger partial charge in [-0.15, -0.1) is 11.3 Å². The third-order valence-corrected chi connectivity index (χ3v) is 11.1. The Kier molecular flexibility index (Phi) is 6.62. The van der Waals surface area contributed by atoms with Crippen LogP contribution in [-0.2, 0) is 0 Å². The van der Waals surface area contributed by atoms with E-state index in [4.69, 9.17) is 19.9 Å². The van der Waals surface area contributed by atoms with Gasteiger partial charge in [0.25, 0.3) is 0 Å². The van der Waals surface area contributed by atoms with Crippen molar-refractivity contribution in [3.05, 3.63) is 170 Å². The average molecular weight is 697 g/mol. The van der Waals surface area contributed by atoms with Gasteiger partial charge in [-0.25, -0.2) is 9.97 Å². The average Bonchev–Trinajstić information content (AvgIpc) is 3.91. The van der Waals surface area contributed by atoms with Gasteiger partial charge in [0.2, 0.25) is 5.95 Å². The number of nitrogens with zero attached hydrogens (tertiary/aromatic N) is 6. The minimum Gasteiger partial charge on any atom is -0.292 e. The summed E-state index contributed by atoms with van der Waals surface area (Å²) in [7, 11) is 0. The van der Waals surface area contributed by atoms with Crippen LogP contribution in [0.25, 0.3) is 98.8 Å². The van der Waals surface area contributed by atoms with Crippen molar-refractivity contribution in [3.8, 4) is 45.8 Å². The Balaban J connectivity index is 1.17. The van der Waals surface area contributed by atoms with Crippen molar-refractivity contribution in [2.75, 3.05) is 0 Å². The highest BCUT2D eigenvalue weighted by atomic mass is 32.1. The fourth-order valence-electron chi connectivity index (χ4n) is 7.65. The van der Waals surface area contributed by atoms with Crippen LogP contribution in [0.15, 0.2) is 170 Å². The normalized spacial score (nSPS) is 11.8. The fraction of sp³-hybridized carbons (Fsp3) is 0. The minimum atomic E-state index is 0.583. The highest BCUT2D eigenvalue weighted by Crippen LogP contribution is 2.42. The molecule has 0 saturated heterocycles. The molecule has 0 amide bonds. The first-order valence-electron chi connectivity index (χ1n) is 17.6. The van der Waals surface area contributed by atoms with Crippen LogP contribution in [0.5, 0.6) is 0 Å². The first-order chi connectivity index (χ1) is 26.3. The van der Waals surface area contributed by atoms with E-state index in [9.17, 15) is 0 Å². The molecule has 0 aliphatic heterocycles. The van der Waals surface area contributed by atoms with E-state index >= 15 is 0 Å². The molecule has 0 bridgehead atoms. The van der Waals surface area contributed by atoms with E-state index in [1.807, 2.05) is 30.3 Å². The molecule has 0 aliphatic carbocycles. The zero-order valence-electron chi connectivity index (χ0n) is 28.3. The Morgan fingerprint density at radius 3 is 1.85 bits per heavy atom. The second-order valence-electron chi connectivity index (χ2n) is 13.1. The van der Waals surface area contributed by atoms with Crippen molar-refractivity contribution in [1.29, 1.82) is 0 Å². The van der Waals surface area contributed by atoms with Crippen LogP contribution in [0.2, 0.25) is 0 Å². The van der Waals surface area contributed by atoms with Gasteiger partial charge in [-0.1, -0.05) is 109 Å². The van der Waals surface area contributed by atoms with Crippen LogP contribution in [-0.4, -0.2) is 29.1 Å².